The van der Waals surface area contributed by atoms with Crippen LogP contribution in [0.15, 0.2) is 30.6 Å². The average molecular weight is 316 g/mol. The van der Waals surface area contributed by atoms with Crippen molar-refractivity contribution in [3.05, 3.63) is 36.3 Å². The zero-order valence-electron chi connectivity index (χ0n) is 12.4. The standard InChI is InChI=1S/C14H16N6OS/c1-19(2)8-9-20-7-5-10(18-20)12(21)17-14-16-11-4-3-6-15-13(11)22-14/h3-7H,8-9H2,1-2H3,(H,16,17,21). The van der Waals surface area contributed by atoms with E-state index >= 15 is 0 Å². The summed E-state index contributed by atoms with van der Waals surface area (Å²) < 4.78 is 1.76. The number of likely N-dealkylation sites (N-methyl/N-ethyl adjacent to an activating group) is 1. The number of carbonyl (C=O) groups excluding carboxylic acids is 1. The molecule has 0 aliphatic heterocycles. The highest BCUT2D eigenvalue weighted by Gasteiger charge is 2.13. The quantitative estimate of drug-likeness (QED) is 0.775. The van der Waals surface area contributed by atoms with Gasteiger partial charge in [0.1, 0.15) is 10.3 Å². The van der Waals surface area contributed by atoms with Gasteiger partial charge in [0, 0.05) is 18.9 Å². The number of carbonyl (C=O) groups is 1. The van der Waals surface area contributed by atoms with E-state index in [9.17, 15) is 4.79 Å². The molecule has 114 valence electrons. The van der Waals surface area contributed by atoms with Crippen molar-refractivity contribution >= 4 is 32.7 Å². The Labute approximate surface area is 131 Å². The molecule has 0 aliphatic carbocycles. The van der Waals surface area contributed by atoms with Crippen LogP contribution < -0.4 is 5.32 Å². The van der Waals surface area contributed by atoms with Gasteiger partial charge in [-0.2, -0.15) is 5.10 Å². The molecular weight excluding hydrogens is 300 g/mol. The van der Waals surface area contributed by atoms with E-state index in [1.165, 1.54) is 11.3 Å². The number of aromatic nitrogens is 4. The van der Waals surface area contributed by atoms with Crippen LogP contribution in [0.3, 0.4) is 0 Å². The first-order valence-electron chi connectivity index (χ1n) is 6.83. The highest BCUT2D eigenvalue weighted by Crippen LogP contribution is 2.23. The minimum atomic E-state index is -0.261. The molecule has 0 spiro atoms. The van der Waals surface area contributed by atoms with Crippen LogP contribution in [0.5, 0.6) is 0 Å². The molecule has 3 aromatic rings. The third kappa shape index (κ3) is 3.29. The Hall–Kier alpha value is -2.32. The van der Waals surface area contributed by atoms with Crippen LogP contribution in [0.4, 0.5) is 5.13 Å². The largest absolute Gasteiger partial charge is 0.308 e. The number of nitrogens with one attached hydrogen (secondary N) is 1. The van der Waals surface area contributed by atoms with Crippen molar-refractivity contribution in [3.8, 4) is 0 Å². The smallest absolute Gasteiger partial charge is 0.277 e. The molecule has 0 aromatic carbocycles. The first-order valence-corrected chi connectivity index (χ1v) is 7.64. The van der Waals surface area contributed by atoms with Gasteiger partial charge < -0.3 is 4.90 Å². The fourth-order valence-corrected chi connectivity index (χ4v) is 2.70. The lowest BCUT2D eigenvalue weighted by Crippen LogP contribution is -2.19. The molecule has 1 N–H and O–H groups in total. The third-order valence-corrected chi connectivity index (χ3v) is 3.93. The topological polar surface area (TPSA) is 75.9 Å². The zero-order chi connectivity index (χ0) is 15.5. The lowest BCUT2D eigenvalue weighted by atomic mass is 10.4. The highest BCUT2D eigenvalue weighted by atomic mass is 32.1. The average Bonchev–Trinajstić information content (AvgIpc) is 3.11. The molecule has 0 radical (unpaired) electrons. The maximum absolute atomic E-state index is 12.2. The Balaban J connectivity index is 1.68. The number of hydrogen-bond acceptors (Lipinski definition) is 6. The minimum absolute atomic E-state index is 0.261. The summed E-state index contributed by atoms with van der Waals surface area (Å²) in [6, 6.07) is 5.39. The molecule has 0 fully saturated rings. The van der Waals surface area contributed by atoms with Gasteiger partial charge >= 0.3 is 0 Å². The Kier molecular flexibility index (Phi) is 4.12. The number of thiazole rings is 1. The van der Waals surface area contributed by atoms with Crippen molar-refractivity contribution in [2.45, 2.75) is 6.54 Å². The Morgan fingerprint density at radius 3 is 3.05 bits per heavy atom. The second-order valence-electron chi connectivity index (χ2n) is 5.07. The van der Waals surface area contributed by atoms with Crippen LogP contribution in [0.25, 0.3) is 10.3 Å². The molecule has 22 heavy (non-hydrogen) atoms. The lowest BCUT2D eigenvalue weighted by Gasteiger charge is -2.08. The maximum atomic E-state index is 12.2. The normalized spacial score (nSPS) is 11.2. The molecule has 1 amide bonds. The number of pyridine rings is 1. The van der Waals surface area contributed by atoms with Crippen LogP contribution in [0, 0.1) is 0 Å². The molecule has 0 saturated carbocycles. The van der Waals surface area contributed by atoms with Gasteiger partial charge in [0.15, 0.2) is 10.8 Å². The summed E-state index contributed by atoms with van der Waals surface area (Å²) >= 11 is 1.35. The Morgan fingerprint density at radius 2 is 2.27 bits per heavy atom. The van der Waals surface area contributed by atoms with Gasteiger partial charge in [0.25, 0.3) is 5.91 Å². The molecule has 3 rings (SSSR count). The lowest BCUT2D eigenvalue weighted by molar-refractivity contribution is 0.102. The third-order valence-electron chi connectivity index (χ3n) is 3.04. The van der Waals surface area contributed by atoms with E-state index in [0.29, 0.717) is 10.8 Å². The van der Waals surface area contributed by atoms with Crippen LogP contribution in [0.1, 0.15) is 10.5 Å². The predicted octanol–water partition coefficient (Wildman–Crippen LogP) is 1.70. The number of amides is 1. The maximum Gasteiger partial charge on any atom is 0.277 e. The summed E-state index contributed by atoms with van der Waals surface area (Å²) in [6.07, 6.45) is 3.51. The molecule has 0 aliphatic rings. The molecule has 7 nitrogen and oxygen atoms in total. The van der Waals surface area contributed by atoms with E-state index in [1.807, 2.05) is 26.2 Å². The van der Waals surface area contributed by atoms with Crippen molar-refractivity contribution in [2.24, 2.45) is 0 Å². The molecule has 0 saturated heterocycles. The van der Waals surface area contributed by atoms with Gasteiger partial charge in [-0.3, -0.25) is 14.8 Å². The van der Waals surface area contributed by atoms with Gasteiger partial charge in [-0.25, -0.2) is 9.97 Å². The molecule has 3 aromatic heterocycles. The van der Waals surface area contributed by atoms with Crippen molar-refractivity contribution in [3.63, 3.8) is 0 Å². The van der Waals surface area contributed by atoms with E-state index < -0.39 is 0 Å². The van der Waals surface area contributed by atoms with E-state index in [4.69, 9.17) is 0 Å². The van der Waals surface area contributed by atoms with Gasteiger partial charge in [-0.15, -0.1) is 0 Å². The number of hydrogen-bond donors (Lipinski definition) is 1. The first-order chi connectivity index (χ1) is 10.6. The summed E-state index contributed by atoms with van der Waals surface area (Å²) in [4.78, 5) is 23.6. The molecular formula is C14H16N6OS. The second kappa shape index (κ2) is 6.20. The van der Waals surface area contributed by atoms with Crippen LogP contribution in [-0.2, 0) is 6.54 Å². The predicted molar refractivity (Wildman–Crippen MR) is 86.1 cm³/mol. The molecule has 0 bridgehead atoms. The minimum Gasteiger partial charge on any atom is -0.308 e. The van der Waals surface area contributed by atoms with Crippen molar-refractivity contribution in [2.75, 3.05) is 26.0 Å². The monoisotopic (exact) mass is 316 g/mol. The Morgan fingerprint density at radius 1 is 1.41 bits per heavy atom. The number of nitrogens with zero attached hydrogens (tertiary/aromatic N) is 5. The summed E-state index contributed by atoms with van der Waals surface area (Å²) in [5, 5.41) is 7.57. The van der Waals surface area contributed by atoms with E-state index in [1.54, 1.807) is 23.1 Å². The van der Waals surface area contributed by atoms with Gasteiger partial charge in [0.2, 0.25) is 0 Å². The molecule has 3 heterocycles. The van der Waals surface area contributed by atoms with E-state index in [-0.39, 0.29) is 5.91 Å². The number of anilines is 1. The van der Waals surface area contributed by atoms with Crippen LogP contribution in [0.2, 0.25) is 0 Å². The van der Waals surface area contributed by atoms with Gasteiger partial charge in [-0.1, -0.05) is 11.3 Å². The van der Waals surface area contributed by atoms with Crippen LogP contribution in [-0.4, -0.2) is 51.2 Å². The summed E-state index contributed by atoms with van der Waals surface area (Å²) in [7, 11) is 4.00. The van der Waals surface area contributed by atoms with E-state index in [0.717, 1.165) is 23.4 Å². The summed E-state index contributed by atoms with van der Waals surface area (Å²) in [5.74, 6) is -0.261. The van der Waals surface area contributed by atoms with E-state index in [2.05, 4.69) is 25.3 Å². The van der Waals surface area contributed by atoms with Crippen molar-refractivity contribution in [1.82, 2.24) is 24.6 Å². The molecule has 8 heteroatoms. The summed E-state index contributed by atoms with van der Waals surface area (Å²) in [6.45, 7) is 1.61. The molecule has 0 atom stereocenters. The fraction of sp³-hybridized carbons (Fsp3) is 0.286. The van der Waals surface area contributed by atoms with Crippen LogP contribution >= 0.6 is 11.3 Å². The first kappa shape index (κ1) is 14.6. The van der Waals surface area contributed by atoms with Crippen molar-refractivity contribution in [1.29, 1.82) is 0 Å². The Bertz CT molecular complexity index is 760. The summed E-state index contributed by atoms with van der Waals surface area (Å²) in [5.41, 5.74) is 1.16. The fourth-order valence-electron chi connectivity index (χ4n) is 1.89. The number of rotatable bonds is 5. The van der Waals surface area contributed by atoms with Crippen molar-refractivity contribution < 1.29 is 4.79 Å². The number of fused-ring (bicyclic) bond motifs is 1. The van der Waals surface area contributed by atoms with Gasteiger partial charge in [-0.05, 0) is 32.3 Å². The SMILES string of the molecule is CN(C)CCn1ccc(C(=O)Nc2nc3cccnc3s2)n1. The molecule has 0 unspecified atom stereocenters. The zero-order valence-corrected chi connectivity index (χ0v) is 13.2. The van der Waals surface area contributed by atoms with Gasteiger partial charge in [0.05, 0.1) is 6.54 Å². The second-order valence-corrected chi connectivity index (χ2v) is 6.05. The highest BCUT2D eigenvalue weighted by molar-refractivity contribution is 7.21.